The van der Waals surface area contributed by atoms with Crippen LogP contribution in [0.15, 0.2) is 145 Å². The number of β-lactam (4-membered cyclic amide) rings is 1. The van der Waals surface area contributed by atoms with E-state index in [-0.39, 0.29) is 29.9 Å². The van der Waals surface area contributed by atoms with Crippen LogP contribution >= 0.6 is 0 Å². The molecule has 2 aliphatic heterocycles. The molecule has 302 valence electrons. The normalized spacial score (nSPS) is 18.6. The number of amides is 3. The minimum atomic E-state index is -4.32. The number of pyridine rings is 1. The number of nitrogens with one attached hydrogen (secondary N) is 2. The van der Waals surface area contributed by atoms with Crippen LogP contribution < -0.4 is 10.6 Å². The first-order valence-corrected chi connectivity index (χ1v) is 20.7. The first kappa shape index (κ1) is 40.6. The van der Waals surface area contributed by atoms with E-state index in [4.69, 9.17) is 9.47 Å². The molecule has 4 aromatic carbocycles. The van der Waals surface area contributed by atoms with Crippen LogP contribution in [-0.2, 0) is 39.3 Å². The van der Waals surface area contributed by atoms with Crippen molar-refractivity contribution in [1.29, 1.82) is 0 Å². The summed E-state index contributed by atoms with van der Waals surface area (Å²) in [6.07, 6.45) is -0.185. The Kier molecular flexibility index (Phi) is 11.2. The van der Waals surface area contributed by atoms with Crippen molar-refractivity contribution in [2.75, 3.05) is 13.1 Å². The fraction of sp³-hybridized carbons (Fsp3) is 0.239. The molecule has 12 nitrogen and oxygen atoms in total. The van der Waals surface area contributed by atoms with Crippen molar-refractivity contribution in [3.05, 3.63) is 168 Å². The van der Waals surface area contributed by atoms with E-state index < -0.39 is 61.6 Å². The topological polar surface area (TPSA) is 161 Å². The molecule has 0 saturated carbocycles. The molecule has 7 rings (SSSR count). The van der Waals surface area contributed by atoms with Crippen molar-refractivity contribution in [1.82, 2.24) is 20.5 Å². The van der Waals surface area contributed by atoms with Gasteiger partial charge in [-0.25, -0.2) is 18.0 Å². The Bertz CT molecular complexity index is 2450. The van der Waals surface area contributed by atoms with Crippen molar-refractivity contribution in [3.8, 4) is 11.1 Å². The molecule has 2 N–H and O–H groups in total. The summed E-state index contributed by atoms with van der Waals surface area (Å²) in [7, 11) is -4.32. The van der Waals surface area contributed by atoms with Crippen LogP contribution in [0.5, 0.6) is 0 Å². The highest BCUT2D eigenvalue weighted by atomic mass is 32.2. The zero-order valence-electron chi connectivity index (χ0n) is 33.0. The number of ether oxygens (including phenoxy) is 2. The van der Waals surface area contributed by atoms with Gasteiger partial charge in [-0.2, -0.15) is 0 Å². The summed E-state index contributed by atoms with van der Waals surface area (Å²) in [4.78, 5) is 60.4. The van der Waals surface area contributed by atoms with E-state index in [9.17, 15) is 27.6 Å². The number of sulfone groups is 1. The Balaban J connectivity index is 1.06. The Morgan fingerprint density at radius 2 is 1.31 bits per heavy atom. The van der Waals surface area contributed by atoms with Crippen LogP contribution in [0, 0.1) is 0 Å². The van der Waals surface area contributed by atoms with Gasteiger partial charge in [-0.1, -0.05) is 121 Å². The molecular formula is C46H44N4O8S. The summed E-state index contributed by atoms with van der Waals surface area (Å²) in [6, 6.07) is 38.8. The summed E-state index contributed by atoms with van der Waals surface area (Å²) in [6.45, 7) is 6.14. The molecular weight excluding hydrogens is 769 g/mol. The number of carbonyl (C=O) groups is 4. The molecule has 0 spiro atoms. The van der Waals surface area contributed by atoms with Gasteiger partial charge in [0, 0.05) is 19.3 Å². The molecule has 3 heterocycles. The number of fused-ring (bicyclic) bond motifs is 1. The van der Waals surface area contributed by atoms with Crippen LogP contribution in [0.4, 0.5) is 4.79 Å². The first-order valence-electron chi connectivity index (χ1n) is 19.2. The highest BCUT2D eigenvalue weighted by Gasteiger charge is 2.71. The zero-order valence-corrected chi connectivity index (χ0v) is 33.8. The van der Waals surface area contributed by atoms with Crippen molar-refractivity contribution in [3.63, 3.8) is 0 Å². The lowest BCUT2D eigenvalue weighted by Crippen LogP contribution is -2.60. The molecule has 1 aromatic heterocycles. The fourth-order valence-corrected chi connectivity index (χ4v) is 9.63. The maximum absolute atomic E-state index is 14.3. The first-order chi connectivity index (χ1) is 28.2. The van der Waals surface area contributed by atoms with Crippen molar-refractivity contribution < 1.29 is 37.1 Å². The smallest absolute Gasteiger partial charge is 0.408 e. The van der Waals surface area contributed by atoms with Crippen molar-refractivity contribution >= 4 is 39.3 Å². The second-order valence-electron chi connectivity index (χ2n) is 15.3. The molecule has 1 unspecified atom stereocenters. The van der Waals surface area contributed by atoms with E-state index in [2.05, 4.69) is 15.6 Å². The van der Waals surface area contributed by atoms with E-state index in [1.54, 1.807) is 74.5 Å². The third kappa shape index (κ3) is 7.85. The van der Waals surface area contributed by atoms with E-state index in [1.807, 2.05) is 66.7 Å². The molecule has 2 saturated heterocycles. The number of alkyl carbamates (subject to hydrolysis) is 1. The molecule has 0 radical (unpaired) electrons. The molecule has 5 aromatic rings. The number of nitrogens with zero attached hydrogens (tertiary/aromatic N) is 2. The average molecular weight is 813 g/mol. The maximum Gasteiger partial charge on any atom is 0.408 e. The summed E-state index contributed by atoms with van der Waals surface area (Å²) >= 11 is 0. The van der Waals surface area contributed by atoms with Gasteiger partial charge < -0.3 is 25.0 Å². The third-order valence-corrected chi connectivity index (χ3v) is 13.5. The molecule has 59 heavy (non-hydrogen) atoms. The predicted octanol–water partition coefficient (Wildman–Crippen LogP) is 6.36. The van der Waals surface area contributed by atoms with Gasteiger partial charge in [-0.3, -0.25) is 14.6 Å². The molecule has 0 aliphatic carbocycles. The van der Waals surface area contributed by atoms with Crippen molar-refractivity contribution in [2.45, 2.75) is 55.6 Å². The van der Waals surface area contributed by atoms with Gasteiger partial charge in [0.05, 0.1) is 16.8 Å². The van der Waals surface area contributed by atoms with Crippen LogP contribution in [0.25, 0.3) is 16.7 Å². The van der Waals surface area contributed by atoms with E-state index in [1.165, 1.54) is 26.1 Å². The Hall–Kier alpha value is -6.60. The number of hydrogen-bond donors (Lipinski definition) is 2. The highest BCUT2D eigenvalue weighted by Crippen LogP contribution is 2.51. The highest BCUT2D eigenvalue weighted by molar-refractivity contribution is 7.94. The Labute approximate surface area is 343 Å². The Morgan fingerprint density at radius 1 is 0.763 bits per heavy atom. The van der Waals surface area contributed by atoms with Crippen LogP contribution in [0.1, 0.15) is 56.2 Å². The minimum Gasteiger partial charge on any atom is -0.451 e. The van der Waals surface area contributed by atoms with Crippen LogP contribution in [0.3, 0.4) is 0 Å². The van der Waals surface area contributed by atoms with Crippen molar-refractivity contribution in [2.24, 2.45) is 0 Å². The average Bonchev–Trinajstić information content (AvgIpc) is 3.39. The van der Waals surface area contributed by atoms with E-state index >= 15 is 0 Å². The standard InChI is InChI=1S/C46H44N4O8S/c1-45(2,34-25-23-31(24-26-34)30-16-8-5-9-17-30)58-44(54)49-29-28-48-40(51)36(35-22-14-15-27-47-35)37-41(52)50-39(46(3,4)59(55,56)42(37)50)43(53)57-38(32-18-10-6-11-19-32)33-20-12-7-13-21-33/h5-27,38-39,42H,28-29H2,1-4H3,(H,48,51)(H,49,54)/b37-36+/t39-,42?/m0/s1. The fourth-order valence-electron chi connectivity index (χ4n) is 7.49. The van der Waals surface area contributed by atoms with Gasteiger partial charge >= 0.3 is 12.1 Å². The number of rotatable bonds is 12. The third-order valence-electron chi connectivity index (χ3n) is 10.7. The molecule has 0 bridgehead atoms. The quantitative estimate of drug-likeness (QED) is 0.0633. The van der Waals surface area contributed by atoms with E-state index in [0.29, 0.717) is 11.1 Å². The summed E-state index contributed by atoms with van der Waals surface area (Å²) in [5, 5.41) is 3.70. The largest absolute Gasteiger partial charge is 0.451 e. The molecule has 2 fully saturated rings. The van der Waals surface area contributed by atoms with Crippen LogP contribution in [-0.4, -0.2) is 71.4 Å². The van der Waals surface area contributed by atoms with Crippen LogP contribution in [0.2, 0.25) is 0 Å². The number of carbonyl (C=O) groups excluding carboxylic acids is 4. The predicted molar refractivity (Wildman–Crippen MR) is 222 cm³/mol. The molecule has 3 amide bonds. The van der Waals surface area contributed by atoms with Gasteiger partial charge in [0.15, 0.2) is 27.4 Å². The summed E-state index contributed by atoms with van der Waals surface area (Å²) in [5.74, 6) is -2.49. The number of benzene rings is 4. The number of aromatic nitrogens is 1. The van der Waals surface area contributed by atoms with Gasteiger partial charge in [0.2, 0.25) is 0 Å². The van der Waals surface area contributed by atoms with Gasteiger partial charge in [0.25, 0.3) is 11.8 Å². The molecule has 2 aliphatic rings. The van der Waals surface area contributed by atoms with E-state index in [0.717, 1.165) is 21.6 Å². The summed E-state index contributed by atoms with van der Waals surface area (Å²) < 4.78 is 38.6. The Morgan fingerprint density at radius 3 is 1.88 bits per heavy atom. The number of hydrogen-bond acceptors (Lipinski definition) is 9. The lowest BCUT2D eigenvalue weighted by Gasteiger charge is -2.40. The molecule has 13 heteroatoms. The van der Waals surface area contributed by atoms with Gasteiger partial charge in [-0.15, -0.1) is 0 Å². The SMILES string of the molecule is CC(C)(OC(=O)NCCNC(=O)/C(=C1\C(=O)N2C1S(=O)(=O)C(C)(C)[C@@H]2C(=O)OC(c1ccccc1)c1ccccc1)c1ccccn1)c1ccc(-c2ccccc2)cc1. The monoisotopic (exact) mass is 812 g/mol. The lowest BCUT2D eigenvalue weighted by atomic mass is 9.91. The lowest BCUT2D eigenvalue weighted by molar-refractivity contribution is -0.160. The second kappa shape index (κ2) is 16.3. The number of esters is 1. The van der Waals surface area contributed by atoms with Gasteiger partial charge in [0.1, 0.15) is 10.3 Å². The maximum atomic E-state index is 14.3. The zero-order chi connectivity index (χ0) is 42.0. The van der Waals surface area contributed by atoms with Gasteiger partial charge in [-0.05, 0) is 67.6 Å². The summed E-state index contributed by atoms with van der Waals surface area (Å²) in [5.41, 5.74) is 2.71. The second-order valence-corrected chi connectivity index (χ2v) is 17.9. The molecule has 2 atom stereocenters. The minimum absolute atomic E-state index is 0.0504.